The number of pyridine rings is 1. The van der Waals surface area contributed by atoms with Crippen LogP contribution in [0, 0.1) is 11.6 Å². The van der Waals surface area contributed by atoms with E-state index in [9.17, 15) is 13.2 Å². The van der Waals surface area contributed by atoms with Crippen LogP contribution in [0.1, 0.15) is 23.1 Å². The number of hydrogen-bond acceptors (Lipinski definition) is 7. The number of nitrogens with zero attached hydrogens (tertiary/aromatic N) is 5. The van der Waals surface area contributed by atoms with Gasteiger partial charge in [0, 0.05) is 60.9 Å². The zero-order chi connectivity index (χ0) is 25.5. The van der Waals surface area contributed by atoms with Crippen LogP contribution in [0.5, 0.6) is 5.75 Å². The molecule has 1 atom stereocenters. The lowest BCUT2D eigenvalue weighted by atomic mass is 10.00. The molecule has 4 aromatic rings. The SMILES string of the molecule is Fc1cc2nc3c(n2cc1-c1cnc(N2CCOCC2)nc1)C(c1cccc(F)c1OC(F)F)OCC3. The monoisotopic (exact) mass is 515 g/mol. The molecule has 3 aromatic heterocycles. The Kier molecular flexibility index (Phi) is 6.13. The van der Waals surface area contributed by atoms with Gasteiger partial charge in [-0.15, -0.1) is 0 Å². The minimum Gasteiger partial charge on any atom is -0.431 e. The second kappa shape index (κ2) is 9.60. The zero-order valence-electron chi connectivity index (χ0n) is 19.4. The van der Waals surface area contributed by atoms with Gasteiger partial charge in [0.1, 0.15) is 17.6 Å². The van der Waals surface area contributed by atoms with Gasteiger partial charge in [-0.1, -0.05) is 12.1 Å². The summed E-state index contributed by atoms with van der Waals surface area (Å²) in [4.78, 5) is 15.3. The van der Waals surface area contributed by atoms with Gasteiger partial charge in [-0.3, -0.25) is 4.40 Å². The van der Waals surface area contributed by atoms with Gasteiger partial charge in [0.15, 0.2) is 11.6 Å². The highest BCUT2D eigenvalue weighted by Crippen LogP contribution is 2.40. The molecule has 1 aromatic carbocycles. The Balaban J connectivity index is 1.43. The van der Waals surface area contributed by atoms with Crippen LogP contribution >= 0.6 is 0 Å². The topological polar surface area (TPSA) is 74.0 Å². The van der Waals surface area contributed by atoms with E-state index in [0.717, 1.165) is 6.07 Å². The van der Waals surface area contributed by atoms with E-state index in [1.807, 2.05) is 4.90 Å². The van der Waals surface area contributed by atoms with Crippen molar-refractivity contribution in [1.82, 2.24) is 19.4 Å². The van der Waals surface area contributed by atoms with Crippen molar-refractivity contribution in [1.29, 1.82) is 0 Å². The van der Waals surface area contributed by atoms with Crippen molar-refractivity contribution < 1.29 is 31.8 Å². The van der Waals surface area contributed by atoms with Crippen molar-refractivity contribution in [3.05, 3.63) is 71.4 Å². The second-order valence-corrected chi connectivity index (χ2v) is 8.62. The maximum absolute atomic E-state index is 15.2. The third-order valence-electron chi connectivity index (χ3n) is 6.42. The van der Waals surface area contributed by atoms with Crippen molar-refractivity contribution in [2.75, 3.05) is 37.8 Å². The molecule has 6 rings (SSSR count). The van der Waals surface area contributed by atoms with E-state index < -0.39 is 30.1 Å². The van der Waals surface area contributed by atoms with Crippen molar-refractivity contribution in [3.63, 3.8) is 0 Å². The second-order valence-electron chi connectivity index (χ2n) is 8.62. The van der Waals surface area contributed by atoms with Crippen LogP contribution in [0.2, 0.25) is 0 Å². The molecule has 0 amide bonds. The summed E-state index contributed by atoms with van der Waals surface area (Å²) in [6.45, 7) is -0.499. The molecule has 0 spiro atoms. The van der Waals surface area contributed by atoms with Crippen LogP contribution in [0.4, 0.5) is 23.5 Å². The van der Waals surface area contributed by atoms with Gasteiger partial charge in [-0.05, 0) is 6.07 Å². The van der Waals surface area contributed by atoms with Gasteiger partial charge in [-0.2, -0.15) is 8.78 Å². The van der Waals surface area contributed by atoms with E-state index in [4.69, 9.17) is 9.47 Å². The molecule has 2 aliphatic heterocycles. The van der Waals surface area contributed by atoms with Crippen molar-refractivity contribution >= 4 is 11.6 Å². The third kappa shape index (κ3) is 4.36. The molecule has 1 unspecified atom stereocenters. The lowest BCUT2D eigenvalue weighted by Crippen LogP contribution is -2.37. The van der Waals surface area contributed by atoms with Crippen LogP contribution in [0.15, 0.2) is 42.9 Å². The minimum absolute atomic E-state index is 0.0899. The summed E-state index contributed by atoms with van der Waals surface area (Å²) < 4.78 is 73.2. The summed E-state index contributed by atoms with van der Waals surface area (Å²) in [7, 11) is 0. The molecule has 0 bridgehead atoms. The van der Waals surface area contributed by atoms with Crippen molar-refractivity contribution in [2.45, 2.75) is 19.1 Å². The predicted octanol–water partition coefficient (Wildman–Crippen LogP) is 4.17. The number of imidazole rings is 1. The van der Waals surface area contributed by atoms with E-state index >= 15 is 4.39 Å². The first-order valence-electron chi connectivity index (χ1n) is 11.7. The molecule has 1 fully saturated rings. The lowest BCUT2D eigenvalue weighted by molar-refractivity contribution is -0.0547. The normalized spacial score (nSPS) is 17.9. The highest BCUT2D eigenvalue weighted by Gasteiger charge is 2.32. The minimum atomic E-state index is -3.22. The lowest BCUT2D eigenvalue weighted by Gasteiger charge is -2.26. The number of anilines is 1. The van der Waals surface area contributed by atoms with E-state index in [1.165, 1.54) is 24.4 Å². The molecule has 1 saturated heterocycles. The molecule has 0 radical (unpaired) electrons. The van der Waals surface area contributed by atoms with Gasteiger partial charge >= 0.3 is 6.61 Å². The van der Waals surface area contributed by atoms with Gasteiger partial charge in [0.25, 0.3) is 0 Å². The Morgan fingerprint density at radius 1 is 1.03 bits per heavy atom. The molecule has 0 N–H and O–H groups in total. The van der Waals surface area contributed by atoms with E-state index in [-0.39, 0.29) is 17.7 Å². The Bertz CT molecular complexity index is 1440. The summed E-state index contributed by atoms with van der Waals surface area (Å²) >= 11 is 0. The summed E-state index contributed by atoms with van der Waals surface area (Å²) in [6, 6.07) is 5.17. The Morgan fingerprint density at radius 3 is 2.57 bits per heavy atom. The highest BCUT2D eigenvalue weighted by atomic mass is 19.3. The molecule has 5 heterocycles. The maximum Gasteiger partial charge on any atom is 0.387 e. The molecule has 8 nitrogen and oxygen atoms in total. The summed E-state index contributed by atoms with van der Waals surface area (Å²) in [5.74, 6) is -1.53. The Morgan fingerprint density at radius 2 is 1.81 bits per heavy atom. The number of rotatable bonds is 5. The fraction of sp³-hybridized carbons (Fsp3) is 0.320. The van der Waals surface area contributed by atoms with Gasteiger partial charge in [-0.25, -0.2) is 23.7 Å². The molecule has 192 valence electrons. The average Bonchev–Trinajstić information content (AvgIpc) is 3.27. The first-order valence-corrected chi connectivity index (χ1v) is 11.7. The molecular formula is C25H21F4N5O3. The fourth-order valence-corrected chi connectivity index (χ4v) is 4.73. The quantitative estimate of drug-likeness (QED) is 0.370. The highest BCUT2D eigenvalue weighted by molar-refractivity contribution is 5.65. The van der Waals surface area contributed by atoms with Crippen LogP contribution in [0.25, 0.3) is 16.8 Å². The fourth-order valence-electron chi connectivity index (χ4n) is 4.73. The number of alkyl halides is 2. The third-order valence-corrected chi connectivity index (χ3v) is 6.42. The van der Waals surface area contributed by atoms with E-state index in [1.54, 1.807) is 16.8 Å². The van der Waals surface area contributed by atoms with Gasteiger partial charge in [0.05, 0.1) is 31.2 Å². The number of benzene rings is 1. The molecular weight excluding hydrogens is 494 g/mol. The smallest absolute Gasteiger partial charge is 0.387 e. The average molecular weight is 515 g/mol. The van der Waals surface area contributed by atoms with Crippen LogP contribution < -0.4 is 9.64 Å². The Hall–Kier alpha value is -3.77. The summed E-state index contributed by atoms with van der Waals surface area (Å²) in [6.07, 6.45) is 4.09. The van der Waals surface area contributed by atoms with Gasteiger partial charge in [0.2, 0.25) is 5.95 Å². The Labute approximate surface area is 208 Å². The number of fused-ring (bicyclic) bond motifs is 3. The zero-order valence-corrected chi connectivity index (χ0v) is 19.4. The first kappa shape index (κ1) is 23.6. The summed E-state index contributed by atoms with van der Waals surface area (Å²) in [5.41, 5.74) is 2.14. The van der Waals surface area contributed by atoms with E-state index in [0.29, 0.717) is 61.3 Å². The standard InChI is InChI=1S/C25H21F4N5O3/c26-17-3-1-2-15(22(17)37-24(28)29)23-21-19(4-7-36-23)32-20-10-18(27)16(13-34(20)21)14-11-30-25(31-12-14)33-5-8-35-9-6-33/h1-3,10-13,23-24H,4-9H2. The van der Waals surface area contributed by atoms with E-state index in [2.05, 4.69) is 19.7 Å². The number of halogens is 4. The first-order chi connectivity index (χ1) is 18.0. The summed E-state index contributed by atoms with van der Waals surface area (Å²) in [5, 5.41) is 0. The van der Waals surface area contributed by atoms with Crippen molar-refractivity contribution in [3.8, 4) is 16.9 Å². The largest absolute Gasteiger partial charge is 0.431 e. The number of morpholine rings is 1. The molecule has 37 heavy (non-hydrogen) atoms. The van der Waals surface area contributed by atoms with Crippen LogP contribution in [-0.4, -0.2) is 58.9 Å². The molecule has 2 aliphatic rings. The molecule has 12 heteroatoms. The number of ether oxygens (including phenoxy) is 3. The number of hydrogen-bond donors (Lipinski definition) is 0. The maximum atomic E-state index is 15.2. The predicted molar refractivity (Wildman–Crippen MR) is 124 cm³/mol. The number of aromatic nitrogens is 4. The molecule has 0 saturated carbocycles. The molecule has 0 aliphatic carbocycles. The van der Waals surface area contributed by atoms with Crippen LogP contribution in [-0.2, 0) is 15.9 Å². The van der Waals surface area contributed by atoms with Crippen LogP contribution in [0.3, 0.4) is 0 Å². The number of para-hydroxylation sites is 1. The van der Waals surface area contributed by atoms with Crippen molar-refractivity contribution in [2.24, 2.45) is 0 Å². The van der Waals surface area contributed by atoms with Gasteiger partial charge < -0.3 is 19.1 Å².